The molecule has 0 spiro atoms. The summed E-state index contributed by atoms with van der Waals surface area (Å²) >= 11 is 11.3. The summed E-state index contributed by atoms with van der Waals surface area (Å²) in [5, 5.41) is 3.92. The van der Waals surface area contributed by atoms with Gasteiger partial charge in [-0.3, -0.25) is 0 Å². The van der Waals surface area contributed by atoms with E-state index in [4.69, 9.17) is 23.2 Å². The zero-order valence-electron chi connectivity index (χ0n) is 9.63. The highest BCUT2D eigenvalue weighted by molar-refractivity contribution is 6.36. The molecule has 0 atom stereocenters. The molecule has 0 fully saturated rings. The Kier molecular flexibility index (Phi) is 5.33. The van der Waals surface area contributed by atoms with Crippen LogP contribution in [0, 0.1) is 0 Å². The minimum absolute atomic E-state index is 0.0880. The third-order valence-corrected chi connectivity index (χ3v) is 3.15. The predicted molar refractivity (Wildman–Crippen MR) is 72.1 cm³/mol. The maximum Gasteiger partial charge on any atom is 0.0431 e. The second kappa shape index (κ2) is 6.29. The van der Waals surface area contributed by atoms with Crippen molar-refractivity contribution in [3.8, 4) is 0 Å². The van der Waals surface area contributed by atoms with Crippen LogP contribution in [0.3, 0.4) is 0 Å². The second-order valence-corrected chi connectivity index (χ2v) is 5.11. The molecule has 0 aliphatic carbocycles. The first kappa shape index (κ1) is 13.6. The molecular weight excluding hydrogens is 241 g/mol. The van der Waals surface area contributed by atoms with Crippen LogP contribution in [0.15, 0.2) is 40.9 Å². The lowest BCUT2D eigenvalue weighted by atomic mass is 9.85. The van der Waals surface area contributed by atoms with Crippen LogP contribution in [0.5, 0.6) is 0 Å². The van der Waals surface area contributed by atoms with E-state index in [1.54, 1.807) is 0 Å². The molecule has 16 heavy (non-hydrogen) atoms. The van der Waals surface area contributed by atoms with Crippen molar-refractivity contribution in [2.45, 2.75) is 19.3 Å². The molecule has 0 aromatic heterocycles. The van der Waals surface area contributed by atoms with E-state index in [1.807, 2.05) is 6.07 Å². The number of hydrogen-bond donors (Lipinski definition) is 1. The molecule has 0 unspecified atom stereocenters. The first-order valence-electron chi connectivity index (χ1n) is 5.27. The topological polar surface area (TPSA) is 12.0 Å². The standard InChI is InChI=1S/C13H17Cl2N/c1-13(2,10-16-9-12(15)8-14)11-6-4-3-5-7-11/h3-8,16H,9-10H2,1-2H3. The quantitative estimate of drug-likeness (QED) is 0.845. The minimum atomic E-state index is 0.0880. The van der Waals surface area contributed by atoms with Crippen molar-refractivity contribution < 1.29 is 0 Å². The maximum atomic E-state index is 5.81. The molecule has 0 saturated carbocycles. The zero-order valence-corrected chi connectivity index (χ0v) is 11.1. The fourth-order valence-electron chi connectivity index (χ4n) is 1.52. The molecule has 1 aromatic carbocycles. The van der Waals surface area contributed by atoms with Crippen LogP contribution < -0.4 is 5.32 Å². The monoisotopic (exact) mass is 257 g/mol. The highest BCUT2D eigenvalue weighted by atomic mass is 35.5. The van der Waals surface area contributed by atoms with Crippen molar-refractivity contribution in [1.29, 1.82) is 0 Å². The number of nitrogens with one attached hydrogen (secondary N) is 1. The summed E-state index contributed by atoms with van der Waals surface area (Å²) in [7, 11) is 0. The first-order chi connectivity index (χ1) is 7.56. The van der Waals surface area contributed by atoms with Gasteiger partial charge in [-0.15, -0.1) is 0 Å². The van der Waals surface area contributed by atoms with Gasteiger partial charge in [0.2, 0.25) is 0 Å². The summed E-state index contributed by atoms with van der Waals surface area (Å²) in [6.45, 7) is 5.88. The number of halogens is 2. The molecule has 1 nitrogen and oxygen atoms in total. The molecule has 0 heterocycles. The van der Waals surface area contributed by atoms with Crippen LogP contribution in [0.1, 0.15) is 19.4 Å². The molecule has 0 amide bonds. The van der Waals surface area contributed by atoms with E-state index in [0.29, 0.717) is 11.6 Å². The first-order valence-corrected chi connectivity index (χ1v) is 6.09. The molecule has 0 aliphatic heterocycles. The van der Waals surface area contributed by atoms with E-state index in [1.165, 1.54) is 11.1 Å². The molecule has 88 valence electrons. The Hall–Kier alpha value is -0.500. The van der Waals surface area contributed by atoms with Gasteiger partial charge in [0, 0.05) is 29.1 Å². The van der Waals surface area contributed by atoms with Crippen molar-refractivity contribution in [1.82, 2.24) is 5.32 Å². The van der Waals surface area contributed by atoms with Crippen LogP contribution >= 0.6 is 23.2 Å². The molecule has 1 N–H and O–H groups in total. The fourth-order valence-corrected chi connectivity index (χ4v) is 1.70. The van der Waals surface area contributed by atoms with Crippen molar-refractivity contribution in [2.75, 3.05) is 13.1 Å². The Labute approximate surface area is 107 Å². The van der Waals surface area contributed by atoms with Crippen molar-refractivity contribution in [2.24, 2.45) is 0 Å². The lowest BCUT2D eigenvalue weighted by Gasteiger charge is -2.25. The van der Waals surface area contributed by atoms with E-state index >= 15 is 0 Å². The highest BCUT2D eigenvalue weighted by Gasteiger charge is 2.19. The van der Waals surface area contributed by atoms with Crippen molar-refractivity contribution in [3.05, 3.63) is 46.5 Å². The third-order valence-electron chi connectivity index (χ3n) is 2.53. The average Bonchev–Trinajstić information content (AvgIpc) is 2.30. The number of rotatable bonds is 5. The Morgan fingerprint density at radius 2 is 1.94 bits per heavy atom. The van der Waals surface area contributed by atoms with Gasteiger partial charge in [0.05, 0.1) is 0 Å². The van der Waals surface area contributed by atoms with Crippen LogP contribution in [0.4, 0.5) is 0 Å². The summed E-state index contributed by atoms with van der Waals surface area (Å²) in [5.41, 5.74) is 2.79. The Morgan fingerprint density at radius 1 is 1.31 bits per heavy atom. The van der Waals surface area contributed by atoms with Gasteiger partial charge in [0.25, 0.3) is 0 Å². The van der Waals surface area contributed by atoms with Crippen LogP contribution in [0.25, 0.3) is 0 Å². The smallest absolute Gasteiger partial charge is 0.0431 e. The maximum absolute atomic E-state index is 5.81. The number of hydrogen-bond acceptors (Lipinski definition) is 1. The summed E-state index contributed by atoms with van der Waals surface area (Å²) in [6, 6.07) is 10.4. The molecule has 0 radical (unpaired) electrons. The predicted octanol–water partition coefficient (Wildman–Crippen LogP) is 3.87. The van der Waals surface area contributed by atoms with Gasteiger partial charge < -0.3 is 5.32 Å². The lowest BCUT2D eigenvalue weighted by molar-refractivity contribution is 0.483. The molecule has 1 aromatic rings. The molecular formula is C13H17Cl2N. The third kappa shape index (κ3) is 4.17. The lowest BCUT2D eigenvalue weighted by Crippen LogP contribution is -2.33. The van der Waals surface area contributed by atoms with Crippen LogP contribution in [-0.4, -0.2) is 13.1 Å². The normalized spacial score (nSPS) is 12.9. The Bertz CT molecular complexity index is 344. The summed E-state index contributed by atoms with van der Waals surface area (Å²) in [4.78, 5) is 0. The second-order valence-electron chi connectivity index (χ2n) is 4.41. The van der Waals surface area contributed by atoms with Crippen molar-refractivity contribution >= 4 is 23.2 Å². The summed E-state index contributed by atoms with van der Waals surface area (Å²) in [6.07, 6.45) is 0. The van der Waals surface area contributed by atoms with Gasteiger partial charge in [-0.1, -0.05) is 67.4 Å². The average molecular weight is 258 g/mol. The molecule has 0 bridgehead atoms. The summed E-state index contributed by atoms with van der Waals surface area (Å²) in [5.74, 6) is 0. The minimum Gasteiger partial charge on any atom is -0.311 e. The molecule has 3 heteroatoms. The summed E-state index contributed by atoms with van der Waals surface area (Å²) < 4.78 is 0. The van der Waals surface area contributed by atoms with Gasteiger partial charge >= 0.3 is 0 Å². The van der Waals surface area contributed by atoms with E-state index in [9.17, 15) is 0 Å². The van der Waals surface area contributed by atoms with E-state index in [-0.39, 0.29) is 5.41 Å². The Balaban J connectivity index is 2.53. The van der Waals surface area contributed by atoms with Gasteiger partial charge in [-0.05, 0) is 5.56 Å². The molecule has 1 rings (SSSR count). The van der Waals surface area contributed by atoms with Crippen molar-refractivity contribution in [3.63, 3.8) is 0 Å². The van der Waals surface area contributed by atoms with Crippen LogP contribution in [0.2, 0.25) is 0 Å². The van der Waals surface area contributed by atoms with Gasteiger partial charge in [0.1, 0.15) is 0 Å². The van der Waals surface area contributed by atoms with Gasteiger partial charge in [-0.25, -0.2) is 0 Å². The fraction of sp³-hybridized carbons (Fsp3) is 0.385. The molecule has 0 aliphatic rings. The van der Waals surface area contributed by atoms with E-state index < -0.39 is 0 Å². The Morgan fingerprint density at radius 3 is 2.50 bits per heavy atom. The largest absolute Gasteiger partial charge is 0.311 e. The number of benzene rings is 1. The highest BCUT2D eigenvalue weighted by Crippen LogP contribution is 2.21. The van der Waals surface area contributed by atoms with Crippen LogP contribution in [-0.2, 0) is 5.41 Å². The SMILES string of the molecule is CC(C)(CNCC(Cl)=CCl)c1ccccc1. The zero-order chi connectivity index (χ0) is 12.0. The van der Waals surface area contributed by atoms with E-state index in [0.717, 1.165) is 6.54 Å². The van der Waals surface area contributed by atoms with Gasteiger partial charge in [0.15, 0.2) is 0 Å². The van der Waals surface area contributed by atoms with E-state index in [2.05, 4.69) is 43.4 Å². The molecule has 0 saturated heterocycles. The van der Waals surface area contributed by atoms with Gasteiger partial charge in [-0.2, -0.15) is 0 Å².